The van der Waals surface area contributed by atoms with Crippen LogP contribution in [0, 0.1) is 0 Å². The van der Waals surface area contributed by atoms with Crippen LogP contribution in [0.15, 0.2) is 0 Å². The number of hydrogen-bond acceptors (Lipinski definition) is 0. The molecule has 4 heavy (non-hydrogen) atoms. The van der Waals surface area contributed by atoms with Gasteiger partial charge in [0.05, 0.1) is 0 Å². The molecule has 0 atom stereocenters. The Morgan fingerprint density at radius 3 is 0.500 bits per heavy atom. The molecule has 6 N–H and O–H groups in total. The molecule has 0 aliphatic carbocycles. The van der Waals surface area contributed by atoms with Gasteiger partial charge >= 0.3 is 0 Å². The molecule has 0 bridgehead atoms. The van der Waals surface area contributed by atoms with Crippen LogP contribution in [0.25, 0.3) is 0 Å². The van der Waals surface area contributed by atoms with Crippen LogP contribution >= 0.6 is 0 Å². The fraction of sp³-hybridized carbons (Fsp3) is 0. The van der Waals surface area contributed by atoms with E-state index in [0.717, 1.165) is 0 Å². The molecule has 0 saturated heterocycles. The number of rotatable bonds is 0. The van der Waals surface area contributed by atoms with E-state index in [9.17, 15) is 0 Å². The van der Waals surface area contributed by atoms with Crippen molar-refractivity contribution in [2.24, 2.45) is 0 Å². The van der Waals surface area contributed by atoms with Crippen molar-refractivity contribution in [1.82, 2.24) is 0 Å². The molecule has 4 heteroatoms. The summed E-state index contributed by atoms with van der Waals surface area (Å²) in [5, 5.41) is 0. The normalized spacial score (nSPS) is 0. The second-order valence-electron chi connectivity index (χ2n) is 0. The predicted molar refractivity (Wildman–Crippen MR) is 16.6 cm³/mol. The zero-order valence-electron chi connectivity index (χ0n) is 2.00. The van der Waals surface area contributed by atoms with Crippen molar-refractivity contribution in [2.45, 2.75) is 0 Å². The van der Waals surface area contributed by atoms with Crippen LogP contribution in [-0.4, -0.2) is 34.0 Å². The molecule has 0 aliphatic heterocycles. The van der Waals surface area contributed by atoms with Gasteiger partial charge < -0.3 is 16.4 Å². The molecule has 0 spiro atoms. The van der Waals surface area contributed by atoms with Gasteiger partial charge in [0, 0.05) is 17.6 Å². The molecule has 0 aromatic heterocycles. The van der Waals surface area contributed by atoms with Gasteiger partial charge in [-0.05, 0) is 0 Å². The van der Waals surface area contributed by atoms with Crippen LogP contribution in [0.4, 0.5) is 0 Å². The molecule has 0 fully saturated rings. The minimum absolute atomic E-state index is 0. The Bertz CT molecular complexity index is 3.25. The predicted octanol–water partition coefficient (Wildman–Crippen LogP) is -2.85. The monoisotopic (exact) mass is 128 g/mol. The molecule has 28 valence electrons. The smallest absolute Gasteiger partial charge is 0 e. The van der Waals surface area contributed by atoms with E-state index in [4.69, 9.17) is 0 Å². The van der Waals surface area contributed by atoms with Crippen molar-refractivity contribution in [3.63, 3.8) is 0 Å². The zero-order valence-corrected chi connectivity index (χ0v) is 4.10. The van der Waals surface area contributed by atoms with E-state index in [0.29, 0.717) is 0 Å². The van der Waals surface area contributed by atoms with Crippen LogP contribution in [0.1, 0.15) is 0 Å². The summed E-state index contributed by atoms with van der Waals surface area (Å²) in [6.45, 7) is 0. The van der Waals surface area contributed by atoms with Gasteiger partial charge in [-0.2, -0.15) is 0 Å². The summed E-state index contributed by atoms with van der Waals surface area (Å²) in [5.41, 5.74) is 0. The summed E-state index contributed by atoms with van der Waals surface area (Å²) >= 11 is 0. The Balaban J connectivity index is 0. The third-order valence-corrected chi connectivity index (χ3v) is 0. The first-order valence-electron chi connectivity index (χ1n) is 0. The molecule has 0 heterocycles. The van der Waals surface area contributed by atoms with Crippen LogP contribution in [0.3, 0.4) is 0 Å². The molecule has 0 aromatic rings. The standard InChI is InChI=1S/Ge.3H2O/h;3*1H2. The molecular weight excluding hydrogens is 121 g/mol. The molecule has 4 radical (unpaired) electrons. The van der Waals surface area contributed by atoms with Gasteiger partial charge in [0.15, 0.2) is 0 Å². The van der Waals surface area contributed by atoms with Crippen molar-refractivity contribution < 1.29 is 16.4 Å². The van der Waals surface area contributed by atoms with Crippen molar-refractivity contribution in [1.29, 1.82) is 0 Å². The maximum atomic E-state index is 0. The summed E-state index contributed by atoms with van der Waals surface area (Å²) in [7, 11) is 0. The summed E-state index contributed by atoms with van der Waals surface area (Å²) in [6, 6.07) is 0. The van der Waals surface area contributed by atoms with Crippen LogP contribution < -0.4 is 0 Å². The van der Waals surface area contributed by atoms with Gasteiger partial charge in [-0.25, -0.2) is 0 Å². The number of hydrogen-bond donors (Lipinski definition) is 0. The first kappa shape index (κ1) is 290. The Labute approximate surface area is 34.9 Å². The topological polar surface area (TPSA) is 94.5 Å². The SMILES string of the molecule is O.O.O.[Ge]. The van der Waals surface area contributed by atoms with Crippen LogP contribution in [0.5, 0.6) is 0 Å². The summed E-state index contributed by atoms with van der Waals surface area (Å²) in [4.78, 5) is 0. The first-order chi connectivity index (χ1) is 0. The quantitative estimate of drug-likeness (QED) is 0.313. The van der Waals surface area contributed by atoms with E-state index in [1.165, 1.54) is 0 Å². The van der Waals surface area contributed by atoms with Crippen LogP contribution in [-0.2, 0) is 0 Å². The van der Waals surface area contributed by atoms with E-state index in [1.54, 1.807) is 0 Å². The van der Waals surface area contributed by atoms with E-state index in [-0.39, 0.29) is 34.0 Å². The molecule has 0 aliphatic rings. The van der Waals surface area contributed by atoms with E-state index >= 15 is 0 Å². The molecule has 0 unspecified atom stereocenters. The van der Waals surface area contributed by atoms with Crippen molar-refractivity contribution in [2.75, 3.05) is 0 Å². The van der Waals surface area contributed by atoms with Gasteiger partial charge in [0.2, 0.25) is 0 Å². The minimum atomic E-state index is 0. The Hall–Kier alpha value is 0.423. The van der Waals surface area contributed by atoms with Gasteiger partial charge in [0.1, 0.15) is 0 Å². The molecule has 0 aromatic carbocycles. The molecular formula is H6GeO3. The van der Waals surface area contributed by atoms with E-state index in [1.807, 2.05) is 0 Å². The van der Waals surface area contributed by atoms with Gasteiger partial charge in [-0.3, -0.25) is 0 Å². The summed E-state index contributed by atoms with van der Waals surface area (Å²) < 4.78 is 0. The maximum Gasteiger partial charge on any atom is 0 e. The van der Waals surface area contributed by atoms with Gasteiger partial charge in [0.25, 0.3) is 0 Å². The fourth-order valence-corrected chi connectivity index (χ4v) is 0. The molecule has 0 rings (SSSR count). The van der Waals surface area contributed by atoms with Crippen molar-refractivity contribution in [3.05, 3.63) is 0 Å². The minimum Gasteiger partial charge on any atom is -0.412 e. The second kappa shape index (κ2) is 112. The second-order valence-corrected chi connectivity index (χ2v) is 0. The van der Waals surface area contributed by atoms with Gasteiger partial charge in [-0.15, -0.1) is 0 Å². The average molecular weight is 127 g/mol. The van der Waals surface area contributed by atoms with Crippen molar-refractivity contribution in [3.8, 4) is 0 Å². The Kier molecular flexibility index (Phi) is 8140. The third-order valence-electron chi connectivity index (χ3n) is 0. The van der Waals surface area contributed by atoms with Gasteiger partial charge in [-0.1, -0.05) is 0 Å². The fourth-order valence-electron chi connectivity index (χ4n) is 0. The zero-order chi connectivity index (χ0) is 0. The van der Waals surface area contributed by atoms with E-state index < -0.39 is 0 Å². The van der Waals surface area contributed by atoms with Crippen LogP contribution in [0.2, 0.25) is 0 Å². The Morgan fingerprint density at radius 1 is 0.500 bits per heavy atom. The largest absolute Gasteiger partial charge is 0.412 e. The summed E-state index contributed by atoms with van der Waals surface area (Å²) in [5.74, 6) is 0. The van der Waals surface area contributed by atoms with E-state index in [2.05, 4.69) is 0 Å². The average Bonchev–Trinajstić information content (AvgIpc) is 0. The first-order valence-corrected chi connectivity index (χ1v) is 0. The third kappa shape index (κ3) is 27.4. The Morgan fingerprint density at radius 2 is 0.500 bits per heavy atom. The van der Waals surface area contributed by atoms with Crippen molar-refractivity contribution >= 4 is 17.6 Å². The molecule has 0 saturated carbocycles. The molecule has 3 nitrogen and oxygen atoms in total. The molecule has 0 amide bonds. The summed E-state index contributed by atoms with van der Waals surface area (Å²) in [6.07, 6.45) is 0. The maximum absolute atomic E-state index is 0.